The van der Waals surface area contributed by atoms with E-state index >= 15 is 0 Å². The monoisotopic (exact) mass is 399 g/mol. The molecule has 2 heterocycles. The molecule has 144 valence electrons. The molecule has 0 bridgehead atoms. The largest absolute Gasteiger partial charge is 0.355 e. The number of amides is 2. The zero-order valence-corrected chi connectivity index (χ0v) is 17.1. The molecule has 2 rings (SSSR count). The third kappa shape index (κ3) is 5.74. The predicted molar refractivity (Wildman–Crippen MR) is 105 cm³/mol. The number of piperazine rings is 1. The van der Waals surface area contributed by atoms with Crippen LogP contribution in [0.3, 0.4) is 0 Å². The Labute approximate surface area is 163 Å². The molecule has 9 heteroatoms. The Hall–Kier alpha value is -1.54. The van der Waals surface area contributed by atoms with Crippen LogP contribution >= 0.6 is 23.4 Å². The van der Waals surface area contributed by atoms with Crippen LogP contribution in [0.4, 0.5) is 5.82 Å². The first kappa shape index (κ1) is 20.8. The Balaban J connectivity index is 2.01. The Morgan fingerprint density at radius 2 is 2.12 bits per heavy atom. The number of anilines is 1. The number of hydrogen-bond donors (Lipinski definition) is 1. The summed E-state index contributed by atoms with van der Waals surface area (Å²) in [6.45, 7) is 8.65. The van der Waals surface area contributed by atoms with Gasteiger partial charge in [-0.25, -0.2) is 9.97 Å². The van der Waals surface area contributed by atoms with E-state index in [1.54, 1.807) is 6.07 Å². The van der Waals surface area contributed by atoms with Gasteiger partial charge in [0.15, 0.2) is 5.16 Å². The highest BCUT2D eigenvalue weighted by Gasteiger charge is 2.27. The third-order valence-corrected chi connectivity index (χ3v) is 5.18. The predicted octanol–water partition coefficient (Wildman–Crippen LogP) is 2.20. The second kappa shape index (κ2) is 9.97. The molecule has 1 fully saturated rings. The first-order valence-electron chi connectivity index (χ1n) is 8.93. The summed E-state index contributed by atoms with van der Waals surface area (Å²) in [7, 11) is 0. The fourth-order valence-corrected chi connectivity index (χ4v) is 3.71. The SMILES string of the molecule is CCCNC(=O)CSc1nc(Cl)cc(N2CCN(C(=O)CC)C(C)C2)n1. The fourth-order valence-electron chi connectivity index (χ4n) is 2.80. The molecular formula is C17H26ClN5O2S. The molecule has 1 unspecified atom stereocenters. The number of aromatic nitrogens is 2. The lowest BCUT2D eigenvalue weighted by Gasteiger charge is -2.40. The van der Waals surface area contributed by atoms with Crippen LogP contribution in [-0.2, 0) is 9.59 Å². The molecule has 2 amide bonds. The van der Waals surface area contributed by atoms with Crippen molar-refractivity contribution < 1.29 is 9.59 Å². The number of carbonyl (C=O) groups excluding carboxylic acids is 2. The van der Waals surface area contributed by atoms with E-state index in [2.05, 4.69) is 20.2 Å². The van der Waals surface area contributed by atoms with Crippen molar-refractivity contribution in [1.82, 2.24) is 20.2 Å². The topological polar surface area (TPSA) is 78.4 Å². The van der Waals surface area contributed by atoms with Gasteiger partial charge in [-0.3, -0.25) is 9.59 Å². The van der Waals surface area contributed by atoms with Gasteiger partial charge in [-0.05, 0) is 13.3 Å². The molecule has 1 N–H and O–H groups in total. The van der Waals surface area contributed by atoms with Gasteiger partial charge in [-0.15, -0.1) is 0 Å². The number of rotatable bonds is 7. The van der Waals surface area contributed by atoms with Gasteiger partial charge in [0.25, 0.3) is 0 Å². The van der Waals surface area contributed by atoms with E-state index in [4.69, 9.17) is 11.6 Å². The molecular weight excluding hydrogens is 374 g/mol. The van der Waals surface area contributed by atoms with Crippen LogP contribution in [0.2, 0.25) is 5.15 Å². The maximum Gasteiger partial charge on any atom is 0.230 e. The van der Waals surface area contributed by atoms with Crippen LogP contribution in [0.25, 0.3) is 0 Å². The van der Waals surface area contributed by atoms with Crippen molar-refractivity contribution >= 4 is 41.0 Å². The summed E-state index contributed by atoms with van der Waals surface area (Å²) in [5, 5.41) is 3.66. The van der Waals surface area contributed by atoms with Crippen LogP contribution in [-0.4, -0.2) is 64.7 Å². The van der Waals surface area contributed by atoms with E-state index < -0.39 is 0 Å². The van der Waals surface area contributed by atoms with Crippen molar-refractivity contribution in [3.8, 4) is 0 Å². The highest BCUT2D eigenvalue weighted by molar-refractivity contribution is 7.99. The molecule has 7 nitrogen and oxygen atoms in total. The number of carbonyl (C=O) groups is 2. The highest BCUT2D eigenvalue weighted by Crippen LogP contribution is 2.24. The Morgan fingerprint density at radius 3 is 2.77 bits per heavy atom. The molecule has 1 aromatic rings. The molecule has 0 spiro atoms. The summed E-state index contributed by atoms with van der Waals surface area (Å²) >= 11 is 7.42. The van der Waals surface area contributed by atoms with Gasteiger partial charge in [0.05, 0.1) is 5.75 Å². The summed E-state index contributed by atoms with van der Waals surface area (Å²) in [6.07, 6.45) is 1.42. The third-order valence-electron chi connectivity index (χ3n) is 4.14. The number of nitrogens with zero attached hydrogens (tertiary/aromatic N) is 4. The van der Waals surface area contributed by atoms with E-state index in [1.807, 2.05) is 25.7 Å². The maximum atomic E-state index is 12.0. The summed E-state index contributed by atoms with van der Waals surface area (Å²) < 4.78 is 0. The number of hydrogen-bond acceptors (Lipinski definition) is 6. The van der Waals surface area contributed by atoms with E-state index in [-0.39, 0.29) is 23.6 Å². The lowest BCUT2D eigenvalue weighted by molar-refractivity contribution is -0.133. The summed E-state index contributed by atoms with van der Waals surface area (Å²) in [5.41, 5.74) is 0. The minimum atomic E-state index is -0.0395. The van der Waals surface area contributed by atoms with Crippen molar-refractivity contribution in [3.63, 3.8) is 0 Å². The molecule has 1 saturated heterocycles. The fraction of sp³-hybridized carbons (Fsp3) is 0.647. The van der Waals surface area contributed by atoms with Gasteiger partial charge >= 0.3 is 0 Å². The first-order valence-corrected chi connectivity index (χ1v) is 10.3. The molecule has 26 heavy (non-hydrogen) atoms. The molecule has 1 aliphatic rings. The van der Waals surface area contributed by atoms with Crippen LogP contribution < -0.4 is 10.2 Å². The number of nitrogens with one attached hydrogen (secondary N) is 1. The number of thioether (sulfide) groups is 1. The van der Waals surface area contributed by atoms with Gasteiger partial charge in [-0.1, -0.05) is 37.2 Å². The zero-order chi connectivity index (χ0) is 19.1. The Bertz CT molecular complexity index is 646. The molecule has 0 aliphatic carbocycles. The van der Waals surface area contributed by atoms with Gasteiger partial charge in [0, 0.05) is 44.7 Å². The van der Waals surface area contributed by atoms with Crippen molar-refractivity contribution in [2.45, 2.75) is 44.8 Å². The molecule has 0 saturated carbocycles. The average Bonchev–Trinajstić information content (AvgIpc) is 2.63. The zero-order valence-electron chi connectivity index (χ0n) is 15.5. The summed E-state index contributed by atoms with van der Waals surface area (Å²) in [4.78, 5) is 36.5. The van der Waals surface area contributed by atoms with E-state index in [0.717, 1.165) is 12.2 Å². The maximum absolute atomic E-state index is 12.0. The van der Waals surface area contributed by atoms with Crippen molar-refractivity contribution in [1.29, 1.82) is 0 Å². The van der Waals surface area contributed by atoms with E-state index in [1.165, 1.54) is 11.8 Å². The number of halogens is 1. The van der Waals surface area contributed by atoms with Crippen molar-refractivity contribution in [2.24, 2.45) is 0 Å². The lowest BCUT2D eigenvalue weighted by atomic mass is 10.1. The Kier molecular flexibility index (Phi) is 7.96. The normalized spacial score (nSPS) is 17.3. The minimum absolute atomic E-state index is 0.0395. The second-order valence-corrected chi connectivity index (χ2v) is 7.54. The van der Waals surface area contributed by atoms with Crippen molar-refractivity contribution in [3.05, 3.63) is 11.2 Å². The standard InChI is InChI=1S/C17H26ClN5O2S/c1-4-6-19-15(24)11-26-17-20-13(18)9-14(21-17)22-7-8-23(12(3)10-22)16(25)5-2/h9,12H,4-8,10-11H2,1-3H3,(H,19,24). The molecule has 1 aliphatic heterocycles. The summed E-state index contributed by atoms with van der Waals surface area (Å²) in [5.74, 6) is 1.13. The van der Waals surface area contributed by atoms with Crippen LogP contribution in [0.1, 0.15) is 33.6 Å². The quantitative estimate of drug-likeness (QED) is 0.430. The van der Waals surface area contributed by atoms with Gasteiger partial charge in [0.1, 0.15) is 11.0 Å². The first-order chi connectivity index (χ1) is 12.4. The van der Waals surface area contributed by atoms with Gasteiger partial charge in [0.2, 0.25) is 11.8 Å². The van der Waals surface area contributed by atoms with Gasteiger partial charge in [-0.2, -0.15) is 0 Å². The van der Waals surface area contributed by atoms with Gasteiger partial charge < -0.3 is 15.1 Å². The van der Waals surface area contributed by atoms with E-state index in [9.17, 15) is 9.59 Å². The molecule has 1 aromatic heterocycles. The van der Waals surface area contributed by atoms with Crippen molar-refractivity contribution in [2.75, 3.05) is 36.8 Å². The van der Waals surface area contributed by atoms with Crippen LogP contribution in [0.5, 0.6) is 0 Å². The highest BCUT2D eigenvalue weighted by atomic mass is 35.5. The van der Waals surface area contributed by atoms with E-state index in [0.29, 0.717) is 42.9 Å². The summed E-state index contributed by atoms with van der Waals surface area (Å²) in [6, 6.07) is 1.84. The lowest BCUT2D eigenvalue weighted by Crippen LogP contribution is -2.54. The average molecular weight is 400 g/mol. The molecule has 1 atom stereocenters. The smallest absolute Gasteiger partial charge is 0.230 e. The molecule has 0 radical (unpaired) electrons. The van der Waals surface area contributed by atoms with Crippen LogP contribution in [0, 0.1) is 0 Å². The molecule has 0 aromatic carbocycles. The Morgan fingerprint density at radius 1 is 1.35 bits per heavy atom. The minimum Gasteiger partial charge on any atom is -0.355 e. The second-order valence-electron chi connectivity index (χ2n) is 6.21. The van der Waals surface area contributed by atoms with Crippen LogP contribution in [0.15, 0.2) is 11.2 Å².